The topological polar surface area (TPSA) is 34.2 Å². The molecule has 0 saturated heterocycles. The molecule has 1 aromatic carbocycles. The second-order valence-electron chi connectivity index (χ2n) is 5.05. The molecule has 0 saturated carbocycles. The number of rotatable bonds is 3. The highest BCUT2D eigenvalue weighted by Gasteiger charge is 2.23. The van der Waals surface area contributed by atoms with Crippen molar-refractivity contribution in [3.63, 3.8) is 0 Å². The van der Waals surface area contributed by atoms with Crippen molar-refractivity contribution in [1.29, 1.82) is 0 Å². The molecule has 0 amide bonds. The molecule has 21 heavy (non-hydrogen) atoms. The van der Waals surface area contributed by atoms with Crippen molar-refractivity contribution in [2.24, 2.45) is 0 Å². The second-order valence-corrected chi connectivity index (χ2v) is 5.05. The molecule has 1 aliphatic rings. The molecule has 2 aromatic rings. The summed E-state index contributed by atoms with van der Waals surface area (Å²) < 4.78 is 33.0. The largest absolute Gasteiger partial charge is 0.467 e. The second kappa shape index (κ2) is 5.68. The van der Waals surface area contributed by atoms with Crippen molar-refractivity contribution in [2.75, 3.05) is 12.4 Å². The zero-order valence-electron chi connectivity index (χ0n) is 11.7. The van der Waals surface area contributed by atoms with Crippen molar-refractivity contribution >= 4 is 5.82 Å². The summed E-state index contributed by atoms with van der Waals surface area (Å²) in [5.74, 6) is -1.70. The Hall–Kier alpha value is -2.17. The minimum absolute atomic E-state index is 0.0181. The fourth-order valence-corrected chi connectivity index (χ4v) is 2.67. The summed E-state index contributed by atoms with van der Waals surface area (Å²) in [6, 6.07) is 8.76. The van der Waals surface area contributed by atoms with Crippen LogP contribution in [0.3, 0.4) is 0 Å². The lowest BCUT2D eigenvalue weighted by Gasteiger charge is -2.26. The van der Waals surface area contributed by atoms with E-state index in [0.29, 0.717) is 0 Å². The summed E-state index contributed by atoms with van der Waals surface area (Å²) in [5, 5.41) is 2.59. The molecule has 1 aliphatic carbocycles. The van der Waals surface area contributed by atoms with E-state index >= 15 is 0 Å². The van der Waals surface area contributed by atoms with Crippen molar-refractivity contribution < 1.29 is 13.5 Å². The molecule has 0 spiro atoms. The lowest BCUT2D eigenvalue weighted by atomic mass is 9.89. The van der Waals surface area contributed by atoms with E-state index in [-0.39, 0.29) is 17.8 Å². The molecule has 1 N–H and O–H groups in total. The zero-order valence-corrected chi connectivity index (χ0v) is 11.7. The van der Waals surface area contributed by atoms with Gasteiger partial charge in [-0.2, -0.15) is 4.98 Å². The van der Waals surface area contributed by atoms with E-state index in [1.807, 2.05) is 18.2 Å². The highest BCUT2D eigenvalue weighted by Crippen LogP contribution is 2.34. The Morgan fingerprint density at radius 3 is 2.86 bits per heavy atom. The van der Waals surface area contributed by atoms with E-state index in [1.165, 1.54) is 12.6 Å². The number of benzene rings is 1. The van der Waals surface area contributed by atoms with Gasteiger partial charge in [0.25, 0.3) is 5.88 Å². The lowest BCUT2D eigenvalue weighted by Crippen LogP contribution is -2.16. The van der Waals surface area contributed by atoms with E-state index < -0.39 is 11.6 Å². The van der Waals surface area contributed by atoms with Crippen molar-refractivity contribution in [2.45, 2.75) is 25.4 Å². The molecular weight excluding hydrogens is 274 g/mol. The third kappa shape index (κ3) is 2.68. The predicted octanol–water partition coefficient (Wildman–Crippen LogP) is 3.86. The summed E-state index contributed by atoms with van der Waals surface area (Å²) in [6.07, 6.45) is 2.53. The Morgan fingerprint density at radius 2 is 2.05 bits per heavy atom. The maximum absolute atomic E-state index is 13.8. The van der Waals surface area contributed by atoms with Gasteiger partial charge in [-0.25, -0.2) is 8.78 Å². The van der Waals surface area contributed by atoms with Gasteiger partial charge in [-0.1, -0.05) is 24.3 Å². The quantitative estimate of drug-likeness (QED) is 0.932. The summed E-state index contributed by atoms with van der Waals surface area (Å²) in [4.78, 5) is 3.87. The Kier molecular flexibility index (Phi) is 3.73. The van der Waals surface area contributed by atoms with Gasteiger partial charge in [0.15, 0.2) is 17.5 Å². The molecular formula is C16H16F2N2O. The SMILES string of the molecule is CNc1nc(OC2CCCc3ccccc32)c(F)cc1F. The van der Waals surface area contributed by atoms with Gasteiger partial charge < -0.3 is 10.1 Å². The number of hydrogen-bond acceptors (Lipinski definition) is 3. The van der Waals surface area contributed by atoms with Crippen LogP contribution in [0.25, 0.3) is 0 Å². The molecule has 0 radical (unpaired) electrons. The Balaban J connectivity index is 1.91. The van der Waals surface area contributed by atoms with Crippen LogP contribution in [0.4, 0.5) is 14.6 Å². The maximum atomic E-state index is 13.8. The number of nitrogens with one attached hydrogen (secondary N) is 1. The van der Waals surface area contributed by atoms with Gasteiger partial charge >= 0.3 is 0 Å². The number of hydrogen-bond donors (Lipinski definition) is 1. The van der Waals surface area contributed by atoms with Gasteiger partial charge in [-0.15, -0.1) is 0 Å². The van der Waals surface area contributed by atoms with Crippen molar-refractivity contribution in [3.05, 3.63) is 53.1 Å². The molecule has 1 aromatic heterocycles. The summed E-state index contributed by atoms with van der Waals surface area (Å²) in [6.45, 7) is 0. The monoisotopic (exact) mass is 290 g/mol. The molecule has 1 heterocycles. The van der Waals surface area contributed by atoms with Crippen molar-refractivity contribution in [3.8, 4) is 5.88 Å². The first kappa shape index (κ1) is 13.8. The molecule has 1 unspecified atom stereocenters. The van der Waals surface area contributed by atoms with Crippen LogP contribution in [0.5, 0.6) is 5.88 Å². The number of anilines is 1. The highest BCUT2D eigenvalue weighted by atomic mass is 19.1. The highest BCUT2D eigenvalue weighted by molar-refractivity contribution is 5.39. The number of halogens is 2. The number of ether oxygens (including phenoxy) is 1. The molecule has 110 valence electrons. The van der Waals surface area contributed by atoms with Crippen LogP contribution in [0.1, 0.15) is 30.1 Å². The third-order valence-corrected chi connectivity index (χ3v) is 3.70. The van der Waals surface area contributed by atoms with E-state index in [9.17, 15) is 8.78 Å². The van der Waals surface area contributed by atoms with Gasteiger partial charge in [0.05, 0.1) is 0 Å². The Labute approximate surface area is 122 Å². The van der Waals surface area contributed by atoms with Gasteiger partial charge in [0, 0.05) is 13.1 Å². The van der Waals surface area contributed by atoms with Gasteiger partial charge in [0.2, 0.25) is 0 Å². The van der Waals surface area contributed by atoms with Crippen LogP contribution < -0.4 is 10.1 Å². The van der Waals surface area contributed by atoms with Gasteiger partial charge in [0.1, 0.15) is 6.10 Å². The number of aromatic nitrogens is 1. The molecule has 5 heteroatoms. The molecule has 0 aliphatic heterocycles. The maximum Gasteiger partial charge on any atom is 0.253 e. The summed E-state index contributed by atoms with van der Waals surface area (Å²) in [7, 11) is 1.53. The average molecular weight is 290 g/mol. The molecule has 3 nitrogen and oxygen atoms in total. The van der Waals surface area contributed by atoms with Gasteiger partial charge in [-0.05, 0) is 30.4 Å². The van der Waals surface area contributed by atoms with Crippen LogP contribution in [-0.4, -0.2) is 12.0 Å². The Bertz CT molecular complexity index is 661. The Morgan fingerprint density at radius 1 is 1.24 bits per heavy atom. The third-order valence-electron chi connectivity index (χ3n) is 3.70. The standard InChI is InChI=1S/C16H16F2N2O/c1-19-15-12(17)9-13(18)16(20-15)21-14-8-4-6-10-5-2-3-7-11(10)14/h2-3,5,7,9,14H,4,6,8H2,1H3,(H,19,20). The lowest BCUT2D eigenvalue weighted by molar-refractivity contribution is 0.167. The number of nitrogens with zero attached hydrogens (tertiary/aromatic N) is 1. The van der Waals surface area contributed by atoms with E-state index in [0.717, 1.165) is 30.9 Å². The summed E-state index contributed by atoms with van der Waals surface area (Å²) in [5.41, 5.74) is 2.27. The fourth-order valence-electron chi connectivity index (χ4n) is 2.67. The van der Waals surface area contributed by atoms with E-state index in [2.05, 4.69) is 16.4 Å². The molecule has 0 fully saturated rings. The molecule has 1 atom stereocenters. The van der Waals surface area contributed by atoms with Gasteiger partial charge in [-0.3, -0.25) is 0 Å². The zero-order chi connectivity index (χ0) is 14.8. The first-order chi connectivity index (χ1) is 10.2. The van der Waals surface area contributed by atoms with Crippen LogP contribution in [0.15, 0.2) is 30.3 Å². The van der Waals surface area contributed by atoms with Crippen LogP contribution in [0.2, 0.25) is 0 Å². The first-order valence-electron chi connectivity index (χ1n) is 6.97. The number of aryl methyl sites for hydroxylation is 1. The van der Waals surface area contributed by atoms with E-state index in [1.54, 1.807) is 0 Å². The minimum Gasteiger partial charge on any atom is -0.467 e. The van der Waals surface area contributed by atoms with E-state index in [4.69, 9.17) is 4.74 Å². The molecule has 3 rings (SSSR count). The van der Waals surface area contributed by atoms with Crippen molar-refractivity contribution in [1.82, 2.24) is 4.98 Å². The fraction of sp³-hybridized carbons (Fsp3) is 0.312. The summed E-state index contributed by atoms with van der Waals surface area (Å²) >= 11 is 0. The minimum atomic E-state index is -0.783. The average Bonchev–Trinajstić information content (AvgIpc) is 2.50. The normalized spacial score (nSPS) is 17.2. The smallest absolute Gasteiger partial charge is 0.253 e. The first-order valence-corrected chi connectivity index (χ1v) is 6.97. The molecule has 0 bridgehead atoms. The van der Waals surface area contributed by atoms with Crippen LogP contribution in [0, 0.1) is 11.6 Å². The van der Waals surface area contributed by atoms with Crippen LogP contribution >= 0.6 is 0 Å². The van der Waals surface area contributed by atoms with Crippen LogP contribution in [-0.2, 0) is 6.42 Å². The number of fused-ring (bicyclic) bond motifs is 1. The predicted molar refractivity (Wildman–Crippen MR) is 76.4 cm³/mol. The number of pyridine rings is 1.